The van der Waals surface area contributed by atoms with Crippen LogP contribution in [-0.4, -0.2) is 65.6 Å². The first-order chi connectivity index (χ1) is 24.5. The lowest BCUT2D eigenvalue weighted by atomic mass is 9.83. The van der Waals surface area contributed by atoms with Gasteiger partial charge >= 0.3 is 0 Å². The predicted molar refractivity (Wildman–Crippen MR) is 199 cm³/mol. The van der Waals surface area contributed by atoms with E-state index in [1.165, 1.54) is 6.42 Å². The Kier molecular flexibility index (Phi) is 15.8. The molecule has 4 amide bonds. The monoisotopic (exact) mass is 704 g/mol. The van der Waals surface area contributed by atoms with Crippen LogP contribution in [0.2, 0.25) is 0 Å². The molecule has 1 aliphatic carbocycles. The van der Waals surface area contributed by atoms with Crippen molar-refractivity contribution in [2.24, 2.45) is 17.8 Å². The maximum atomic E-state index is 14.0. The van der Waals surface area contributed by atoms with Crippen LogP contribution in [-0.2, 0) is 32.0 Å². The van der Waals surface area contributed by atoms with Gasteiger partial charge in [0.2, 0.25) is 23.6 Å². The minimum Gasteiger partial charge on any atom is -0.490 e. The average molecular weight is 705 g/mol. The highest BCUT2D eigenvalue weighted by atomic mass is 16.5. The summed E-state index contributed by atoms with van der Waals surface area (Å²) in [5, 5.41) is 23.1. The molecular formula is C41H60N4O6. The second-order valence-electron chi connectivity index (χ2n) is 15.4. The number of aliphatic hydroxyl groups excluding tert-OH is 1. The molecule has 0 aromatic heterocycles. The summed E-state index contributed by atoms with van der Waals surface area (Å²) in [6, 6.07) is 14.9. The SMILES string of the molecule is CC(C)CNC(=O)CC(O)C(CC1CCCCC1)NC(=O)[C@H](CC(C)C)NC(=O)[C@H](Cc1ccccc1)NC(=O)CCC1Cc2ccccc2O1. The van der Waals surface area contributed by atoms with E-state index in [1.54, 1.807) is 0 Å². The maximum Gasteiger partial charge on any atom is 0.243 e. The van der Waals surface area contributed by atoms with Gasteiger partial charge in [0.05, 0.1) is 18.6 Å². The number of para-hydroxylation sites is 1. The smallest absolute Gasteiger partial charge is 0.243 e. The lowest BCUT2D eigenvalue weighted by Crippen LogP contribution is -2.57. The first-order valence-electron chi connectivity index (χ1n) is 19.1. The molecule has 0 saturated heterocycles. The minimum absolute atomic E-state index is 0.0716. The van der Waals surface area contributed by atoms with Gasteiger partial charge in [0.25, 0.3) is 0 Å². The molecule has 0 spiro atoms. The number of fused-ring (bicyclic) bond motifs is 1. The van der Waals surface area contributed by atoms with Crippen molar-refractivity contribution in [3.05, 3.63) is 65.7 Å². The van der Waals surface area contributed by atoms with E-state index in [0.717, 1.165) is 49.0 Å². The highest BCUT2D eigenvalue weighted by Gasteiger charge is 2.33. The van der Waals surface area contributed by atoms with E-state index in [0.29, 0.717) is 31.7 Å². The summed E-state index contributed by atoms with van der Waals surface area (Å²) in [5.41, 5.74) is 2.01. The quantitative estimate of drug-likeness (QED) is 0.139. The lowest BCUT2D eigenvalue weighted by Gasteiger charge is -2.32. The number of ether oxygens (including phenoxy) is 1. The molecule has 1 heterocycles. The Balaban J connectivity index is 1.43. The zero-order chi connectivity index (χ0) is 36.8. The van der Waals surface area contributed by atoms with E-state index in [1.807, 2.05) is 82.3 Å². The molecule has 2 aromatic rings. The van der Waals surface area contributed by atoms with Crippen LogP contribution < -0.4 is 26.0 Å². The second-order valence-corrected chi connectivity index (χ2v) is 15.4. The molecule has 1 aliphatic heterocycles. The molecule has 4 rings (SSSR count). The molecular weight excluding hydrogens is 644 g/mol. The number of amides is 4. The molecule has 2 aliphatic rings. The van der Waals surface area contributed by atoms with Crippen molar-refractivity contribution in [1.82, 2.24) is 21.3 Å². The van der Waals surface area contributed by atoms with Crippen LogP contribution in [0.5, 0.6) is 5.75 Å². The Hall–Kier alpha value is -3.92. The Morgan fingerprint density at radius 3 is 2.18 bits per heavy atom. The summed E-state index contributed by atoms with van der Waals surface area (Å²) in [4.78, 5) is 53.9. The third-order valence-corrected chi connectivity index (χ3v) is 9.89. The van der Waals surface area contributed by atoms with Crippen LogP contribution in [0.3, 0.4) is 0 Å². The van der Waals surface area contributed by atoms with Gasteiger partial charge in [-0.2, -0.15) is 0 Å². The van der Waals surface area contributed by atoms with Crippen LogP contribution in [0.15, 0.2) is 54.6 Å². The second kappa shape index (κ2) is 20.2. The largest absolute Gasteiger partial charge is 0.490 e. The van der Waals surface area contributed by atoms with E-state index in [-0.39, 0.29) is 49.0 Å². The van der Waals surface area contributed by atoms with Gasteiger partial charge in [0.1, 0.15) is 23.9 Å². The van der Waals surface area contributed by atoms with Crippen LogP contribution in [0.1, 0.15) is 103 Å². The number of aliphatic hydroxyl groups is 1. The molecule has 5 N–H and O–H groups in total. The molecule has 10 nitrogen and oxygen atoms in total. The van der Waals surface area contributed by atoms with Crippen molar-refractivity contribution in [2.75, 3.05) is 6.54 Å². The van der Waals surface area contributed by atoms with Crippen LogP contribution in [0.25, 0.3) is 0 Å². The molecule has 10 heteroatoms. The number of rotatable bonds is 19. The van der Waals surface area contributed by atoms with Crippen molar-refractivity contribution in [3.8, 4) is 5.75 Å². The molecule has 0 radical (unpaired) electrons. The van der Waals surface area contributed by atoms with Crippen LogP contribution in [0.4, 0.5) is 0 Å². The molecule has 1 fully saturated rings. The van der Waals surface area contributed by atoms with Crippen molar-refractivity contribution < 1.29 is 29.0 Å². The standard InChI is InChI=1S/C41H60N4O6/c1-27(2)21-34(40(49)44-33(22-29-13-7-5-8-14-29)36(46)25-39(48)42-26-28(3)4)45-41(50)35(23-30-15-9-6-10-16-30)43-38(47)20-19-32-24-31-17-11-12-18-37(31)51-32/h6,9-12,15-18,27-29,32-36,46H,5,7-8,13-14,19-26H2,1-4H3,(H,42,48)(H,43,47)(H,44,49)(H,45,50)/t32?,33?,34-,35-,36?/m0/s1. The molecule has 1 saturated carbocycles. The Bertz CT molecular complexity index is 1380. The summed E-state index contributed by atoms with van der Waals surface area (Å²) in [7, 11) is 0. The molecule has 280 valence electrons. The number of hydrogen-bond acceptors (Lipinski definition) is 6. The number of nitrogens with one attached hydrogen (secondary N) is 4. The number of carbonyl (C=O) groups excluding carboxylic acids is 4. The van der Waals surface area contributed by atoms with Crippen LogP contribution in [0, 0.1) is 17.8 Å². The van der Waals surface area contributed by atoms with E-state index >= 15 is 0 Å². The highest BCUT2D eigenvalue weighted by molar-refractivity contribution is 5.92. The van der Waals surface area contributed by atoms with Crippen molar-refractivity contribution in [1.29, 1.82) is 0 Å². The third kappa shape index (κ3) is 13.6. The first-order valence-corrected chi connectivity index (χ1v) is 19.1. The highest BCUT2D eigenvalue weighted by Crippen LogP contribution is 2.30. The van der Waals surface area contributed by atoms with Crippen molar-refractivity contribution in [3.63, 3.8) is 0 Å². The third-order valence-electron chi connectivity index (χ3n) is 9.89. The zero-order valence-corrected chi connectivity index (χ0v) is 31.0. The average Bonchev–Trinajstić information content (AvgIpc) is 3.53. The molecule has 5 atom stereocenters. The first kappa shape index (κ1) is 39.9. The van der Waals surface area contributed by atoms with Crippen LogP contribution >= 0.6 is 0 Å². The maximum absolute atomic E-state index is 14.0. The normalized spacial score (nSPS) is 18.2. The molecule has 3 unspecified atom stereocenters. The predicted octanol–water partition coefficient (Wildman–Crippen LogP) is 5.01. The van der Waals surface area contributed by atoms with E-state index in [4.69, 9.17) is 4.74 Å². The molecule has 2 aromatic carbocycles. The topological polar surface area (TPSA) is 146 Å². The Morgan fingerprint density at radius 1 is 0.804 bits per heavy atom. The summed E-state index contributed by atoms with van der Waals surface area (Å²) < 4.78 is 6.02. The lowest BCUT2D eigenvalue weighted by molar-refractivity contribution is -0.133. The van der Waals surface area contributed by atoms with E-state index in [9.17, 15) is 24.3 Å². The zero-order valence-electron chi connectivity index (χ0n) is 31.0. The number of carbonyl (C=O) groups is 4. The van der Waals surface area contributed by atoms with Gasteiger partial charge in [-0.3, -0.25) is 19.2 Å². The molecule has 0 bridgehead atoms. The van der Waals surface area contributed by atoms with Gasteiger partial charge in [-0.15, -0.1) is 0 Å². The fourth-order valence-electron chi connectivity index (χ4n) is 7.11. The fraction of sp³-hybridized carbons (Fsp3) is 0.610. The van der Waals surface area contributed by atoms with Crippen molar-refractivity contribution in [2.45, 2.75) is 135 Å². The summed E-state index contributed by atoms with van der Waals surface area (Å²) >= 11 is 0. The Morgan fingerprint density at radius 2 is 1.49 bits per heavy atom. The van der Waals surface area contributed by atoms with Gasteiger partial charge in [0.15, 0.2) is 0 Å². The summed E-state index contributed by atoms with van der Waals surface area (Å²) in [6.45, 7) is 8.48. The van der Waals surface area contributed by atoms with Gasteiger partial charge in [0, 0.05) is 25.8 Å². The number of benzene rings is 2. The summed E-state index contributed by atoms with van der Waals surface area (Å²) in [5.74, 6) is 0.168. The Labute approximate surface area is 304 Å². The van der Waals surface area contributed by atoms with Gasteiger partial charge < -0.3 is 31.1 Å². The van der Waals surface area contributed by atoms with Gasteiger partial charge in [-0.25, -0.2) is 0 Å². The summed E-state index contributed by atoms with van der Waals surface area (Å²) in [6.07, 6.45) is 6.78. The van der Waals surface area contributed by atoms with E-state index in [2.05, 4.69) is 21.3 Å². The fourth-order valence-corrected chi connectivity index (χ4v) is 7.11. The van der Waals surface area contributed by atoms with Crippen molar-refractivity contribution >= 4 is 23.6 Å². The minimum atomic E-state index is -1.07. The number of hydrogen-bond donors (Lipinski definition) is 5. The van der Waals surface area contributed by atoms with Gasteiger partial charge in [-0.05, 0) is 54.2 Å². The molecule has 51 heavy (non-hydrogen) atoms. The van der Waals surface area contributed by atoms with Gasteiger partial charge in [-0.1, -0.05) is 108 Å². The van der Waals surface area contributed by atoms with E-state index < -0.39 is 36.0 Å².